The van der Waals surface area contributed by atoms with E-state index in [-0.39, 0.29) is 36.5 Å². The summed E-state index contributed by atoms with van der Waals surface area (Å²) in [4.78, 5) is 1.95. The average Bonchev–Trinajstić information content (AvgIpc) is 2.63. The van der Waals surface area contributed by atoms with Crippen LogP contribution in [0.15, 0.2) is 58.0 Å². The Kier molecular flexibility index (Phi) is 8.22. The summed E-state index contributed by atoms with van der Waals surface area (Å²) in [5.74, 6) is 0. The summed E-state index contributed by atoms with van der Waals surface area (Å²) in [5, 5.41) is 9.05. The van der Waals surface area contributed by atoms with E-state index in [1.165, 1.54) is 24.3 Å². The van der Waals surface area contributed by atoms with Crippen molar-refractivity contribution in [3.05, 3.63) is 69.1 Å². The van der Waals surface area contributed by atoms with Crippen LogP contribution in [0, 0.1) is 0 Å². The molecule has 2 aromatic carbocycles. The van der Waals surface area contributed by atoms with E-state index in [0.29, 0.717) is 12.8 Å². The van der Waals surface area contributed by atoms with Gasteiger partial charge in [0.15, 0.2) is 0 Å². The van der Waals surface area contributed by atoms with Gasteiger partial charge in [0.25, 0.3) is 0 Å². The fourth-order valence-corrected chi connectivity index (χ4v) is 6.40. The number of aliphatic hydroxyl groups is 1. The van der Waals surface area contributed by atoms with Crippen LogP contribution in [0.1, 0.15) is 24.0 Å². The van der Waals surface area contributed by atoms with Crippen molar-refractivity contribution in [1.29, 1.82) is 0 Å². The Labute approximate surface area is 171 Å². The second-order valence-corrected chi connectivity index (χ2v) is 10.2. The molecule has 0 aliphatic rings. The monoisotopic (exact) mass is 534 g/mol. The minimum atomic E-state index is -4.38. The number of hydrogen-bond donors (Lipinski definition) is 1. The van der Waals surface area contributed by atoms with Crippen molar-refractivity contribution < 1.29 is 31.4 Å². The van der Waals surface area contributed by atoms with Crippen LogP contribution in [0.4, 0.5) is 26.3 Å². The van der Waals surface area contributed by atoms with Crippen molar-refractivity contribution in [3.8, 4) is 0 Å². The first kappa shape index (κ1) is 23.0. The molecule has 2 rings (SSSR count). The Morgan fingerprint density at radius 2 is 1.25 bits per heavy atom. The summed E-state index contributed by atoms with van der Waals surface area (Å²) in [6.07, 6.45) is -7.64. The number of halogens is 6. The Bertz CT molecular complexity index is 780. The molecule has 0 aliphatic carbocycles. The van der Waals surface area contributed by atoms with E-state index in [1.54, 1.807) is 0 Å². The van der Waals surface area contributed by atoms with Gasteiger partial charge in [-0.2, -0.15) is 0 Å². The van der Waals surface area contributed by atoms with Crippen molar-refractivity contribution in [2.24, 2.45) is 0 Å². The van der Waals surface area contributed by atoms with Gasteiger partial charge in [-0.1, -0.05) is 0 Å². The van der Waals surface area contributed by atoms with E-state index in [9.17, 15) is 26.3 Å². The van der Waals surface area contributed by atoms with Crippen LogP contribution in [0.3, 0.4) is 0 Å². The molecule has 0 spiro atoms. The SMILES string of the molecule is OCCC/C(=C\[Se]c1ccc(C(F)(F)F)cc1)[Se]c1ccc(C(F)(F)F)cc1. The van der Waals surface area contributed by atoms with Gasteiger partial charge in [-0.25, -0.2) is 0 Å². The van der Waals surface area contributed by atoms with E-state index < -0.39 is 23.5 Å². The molecule has 28 heavy (non-hydrogen) atoms. The fraction of sp³-hybridized carbons (Fsp3) is 0.263. The molecule has 1 N–H and O–H groups in total. The van der Waals surface area contributed by atoms with Crippen LogP contribution >= 0.6 is 0 Å². The van der Waals surface area contributed by atoms with Gasteiger partial charge < -0.3 is 0 Å². The van der Waals surface area contributed by atoms with Gasteiger partial charge >= 0.3 is 171 Å². The van der Waals surface area contributed by atoms with Gasteiger partial charge in [0.1, 0.15) is 0 Å². The van der Waals surface area contributed by atoms with Crippen molar-refractivity contribution in [3.63, 3.8) is 0 Å². The first-order valence-corrected chi connectivity index (χ1v) is 11.6. The predicted octanol–water partition coefficient (Wildman–Crippen LogP) is 3.70. The summed E-state index contributed by atoms with van der Waals surface area (Å²) >= 11 is -0.421. The van der Waals surface area contributed by atoms with Gasteiger partial charge in [-0.05, 0) is 0 Å². The summed E-state index contributed by atoms with van der Waals surface area (Å²) in [6.45, 7) is -0.00624. The maximum absolute atomic E-state index is 12.7. The zero-order chi connectivity index (χ0) is 20.8. The first-order valence-electron chi connectivity index (χ1n) is 8.08. The molecule has 0 atom stereocenters. The molecule has 0 fully saturated rings. The quantitative estimate of drug-likeness (QED) is 0.427. The second kappa shape index (κ2) is 9.99. The van der Waals surface area contributed by atoms with Crippen LogP contribution in [0.25, 0.3) is 0 Å². The fourth-order valence-electron chi connectivity index (χ4n) is 2.11. The number of rotatable bonds is 7. The van der Waals surface area contributed by atoms with Crippen molar-refractivity contribution >= 4 is 38.8 Å². The molecule has 152 valence electrons. The molecule has 0 amide bonds. The standard InChI is InChI=1S/C19H16F6OSe2/c20-18(21,22)13-3-7-15(8-4-13)27-12-17(2-1-11-26)28-16-9-5-14(6-10-16)19(23,24)25/h3-10,12,26H,1-2,11H2/b17-12+. The van der Waals surface area contributed by atoms with Crippen LogP contribution in [-0.4, -0.2) is 41.6 Å². The van der Waals surface area contributed by atoms with Crippen LogP contribution in [-0.2, 0) is 12.4 Å². The summed E-state index contributed by atoms with van der Waals surface area (Å²) in [7, 11) is 0. The molecule has 9 heteroatoms. The van der Waals surface area contributed by atoms with E-state index in [2.05, 4.69) is 0 Å². The molecule has 0 unspecified atom stereocenters. The van der Waals surface area contributed by atoms with E-state index >= 15 is 0 Å². The van der Waals surface area contributed by atoms with Crippen molar-refractivity contribution in [1.82, 2.24) is 0 Å². The first-order chi connectivity index (χ1) is 13.1. The number of alkyl halides is 6. The molecular formula is C19H16F6OSe2. The molecule has 0 aromatic heterocycles. The Morgan fingerprint density at radius 3 is 1.68 bits per heavy atom. The van der Waals surface area contributed by atoms with Crippen molar-refractivity contribution in [2.75, 3.05) is 6.61 Å². The third kappa shape index (κ3) is 7.30. The van der Waals surface area contributed by atoms with Gasteiger partial charge in [0, 0.05) is 0 Å². The van der Waals surface area contributed by atoms with Gasteiger partial charge in [-0.15, -0.1) is 0 Å². The van der Waals surface area contributed by atoms with Crippen molar-refractivity contribution in [2.45, 2.75) is 25.2 Å². The topological polar surface area (TPSA) is 20.2 Å². The summed E-state index contributed by atoms with van der Waals surface area (Å²) < 4.78 is 78.4. The van der Waals surface area contributed by atoms with E-state index in [1.807, 2.05) is 4.97 Å². The summed E-state index contributed by atoms with van der Waals surface area (Å²) in [6, 6.07) is 9.94. The minimum absolute atomic E-state index is 0.00624. The van der Waals surface area contributed by atoms with Crippen LogP contribution in [0.5, 0.6) is 0 Å². The molecule has 2 aromatic rings. The molecule has 0 saturated carbocycles. The molecule has 1 nitrogen and oxygen atoms in total. The molecular weight excluding hydrogens is 516 g/mol. The Morgan fingerprint density at radius 1 is 0.786 bits per heavy atom. The molecule has 0 heterocycles. The third-order valence-electron chi connectivity index (χ3n) is 3.52. The van der Waals surface area contributed by atoms with Crippen LogP contribution in [0.2, 0.25) is 0 Å². The summed E-state index contributed by atoms with van der Waals surface area (Å²) in [5.41, 5.74) is -1.41. The molecule has 0 radical (unpaired) electrons. The number of allylic oxidation sites excluding steroid dienone is 1. The normalized spacial score (nSPS) is 13.0. The maximum atomic E-state index is 12.7. The van der Waals surface area contributed by atoms with Gasteiger partial charge in [-0.3, -0.25) is 0 Å². The van der Waals surface area contributed by atoms with E-state index in [0.717, 1.165) is 37.7 Å². The number of benzene rings is 2. The van der Waals surface area contributed by atoms with Gasteiger partial charge in [0.2, 0.25) is 0 Å². The average molecular weight is 532 g/mol. The zero-order valence-corrected chi connectivity index (χ0v) is 17.8. The van der Waals surface area contributed by atoms with E-state index in [4.69, 9.17) is 5.11 Å². The number of aliphatic hydroxyl groups excluding tert-OH is 1. The molecule has 0 aliphatic heterocycles. The molecule has 0 saturated heterocycles. The second-order valence-electron chi connectivity index (χ2n) is 5.68. The molecule has 0 bridgehead atoms. The predicted molar refractivity (Wildman–Crippen MR) is 98.1 cm³/mol. The van der Waals surface area contributed by atoms with Crippen LogP contribution < -0.4 is 8.92 Å². The number of hydrogen-bond acceptors (Lipinski definition) is 1. The Hall–Kier alpha value is -1.24. The zero-order valence-electron chi connectivity index (χ0n) is 14.3. The van der Waals surface area contributed by atoms with Gasteiger partial charge in [0.05, 0.1) is 0 Å². The third-order valence-corrected chi connectivity index (χ3v) is 8.55. The Balaban J connectivity index is 2.10.